The van der Waals surface area contributed by atoms with Gasteiger partial charge in [0.2, 0.25) is 5.79 Å². The molecule has 2 heteroatoms. The van der Waals surface area contributed by atoms with E-state index in [0.29, 0.717) is 13.2 Å². The van der Waals surface area contributed by atoms with Crippen LogP contribution < -0.4 is 0 Å². The van der Waals surface area contributed by atoms with E-state index >= 15 is 0 Å². The van der Waals surface area contributed by atoms with E-state index < -0.39 is 5.79 Å². The van der Waals surface area contributed by atoms with E-state index in [1.807, 2.05) is 0 Å². The van der Waals surface area contributed by atoms with Crippen molar-refractivity contribution in [1.82, 2.24) is 0 Å². The second kappa shape index (κ2) is 5.18. The lowest BCUT2D eigenvalue weighted by molar-refractivity contribution is -0.126. The Morgan fingerprint density at radius 3 is 1.44 bits per heavy atom. The molecule has 25 heavy (non-hydrogen) atoms. The van der Waals surface area contributed by atoms with Gasteiger partial charge in [-0.2, -0.15) is 0 Å². The van der Waals surface area contributed by atoms with E-state index in [1.165, 1.54) is 33.4 Å². The van der Waals surface area contributed by atoms with Crippen LogP contribution in [0.3, 0.4) is 0 Å². The third kappa shape index (κ3) is 2.46. The van der Waals surface area contributed by atoms with Crippen molar-refractivity contribution in [3.8, 4) is 11.1 Å². The van der Waals surface area contributed by atoms with Crippen molar-refractivity contribution in [3.05, 3.63) is 58.7 Å². The highest BCUT2D eigenvalue weighted by atomic mass is 16.7. The Labute approximate surface area is 151 Å². The van der Waals surface area contributed by atoms with E-state index in [0.717, 1.165) is 0 Å². The largest absolute Gasteiger partial charge is 0.340 e. The van der Waals surface area contributed by atoms with Gasteiger partial charge in [0.15, 0.2) is 0 Å². The fraction of sp³-hybridized carbons (Fsp3) is 0.478. The van der Waals surface area contributed by atoms with Crippen LogP contribution in [0, 0.1) is 0 Å². The summed E-state index contributed by atoms with van der Waals surface area (Å²) in [6.07, 6.45) is 0. The first kappa shape index (κ1) is 16.8. The zero-order chi connectivity index (χ0) is 18.0. The lowest BCUT2D eigenvalue weighted by atomic mass is 9.84. The van der Waals surface area contributed by atoms with Gasteiger partial charge in [0.05, 0.1) is 13.2 Å². The summed E-state index contributed by atoms with van der Waals surface area (Å²) in [5, 5.41) is 0. The Morgan fingerprint density at radius 1 is 0.680 bits per heavy atom. The van der Waals surface area contributed by atoms with Crippen LogP contribution in [0.15, 0.2) is 36.4 Å². The molecule has 1 aliphatic heterocycles. The molecule has 2 aromatic carbocycles. The highest BCUT2D eigenvalue weighted by Crippen LogP contribution is 2.53. The lowest BCUT2D eigenvalue weighted by Crippen LogP contribution is -2.27. The Bertz CT molecular complexity index is 763. The molecule has 1 saturated heterocycles. The lowest BCUT2D eigenvalue weighted by Gasteiger charge is -2.28. The first-order chi connectivity index (χ1) is 11.6. The van der Waals surface area contributed by atoms with Gasteiger partial charge in [-0.25, -0.2) is 0 Å². The Balaban J connectivity index is 1.96. The predicted molar refractivity (Wildman–Crippen MR) is 102 cm³/mol. The topological polar surface area (TPSA) is 18.5 Å². The van der Waals surface area contributed by atoms with Gasteiger partial charge in [0, 0.05) is 11.1 Å². The predicted octanol–water partition coefficient (Wildman–Crippen LogP) is 5.51. The fourth-order valence-corrected chi connectivity index (χ4v) is 3.90. The summed E-state index contributed by atoms with van der Waals surface area (Å²) in [6.45, 7) is 14.8. The molecule has 1 fully saturated rings. The molecule has 1 heterocycles. The summed E-state index contributed by atoms with van der Waals surface area (Å²) < 4.78 is 12.5. The maximum absolute atomic E-state index is 6.27. The monoisotopic (exact) mass is 336 g/mol. The SMILES string of the molecule is CC(C)(C)c1ccc2c(c1)C1(OCCO1)c1cc(C(C)(C)C)ccc1-2. The number of hydrogen-bond donors (Lipinski definition) is 0. The summed E-state index contributed by atoms with van der Waals surface area (Å²) in [5.74, 6) is -0.729. The number of fused-ring (bicyclic) bond motifs is 5. The second-order valence-corrected chi connectivity index (χ2v) is 9.33. The normalized spacial score (nSPS) is 18.5. The van der Waals surface area contributed by atoms with Crippen LogP contribution in [0.1, 0.15) is 63.8 Å². The average molecular weight is 336 g/mol. The highest BCUT2D eigenvalue weighted by molar-refractivity contribution is 5.80. The molecule has 0 N–H and O–H groups in total. The smallest absolute Gasteiger partial charge is 0.223 e. The Morgan fingerprint density at radius 2 is 1.08 bits per heavy atom. The molecule has 0 radical (unpaired) electrons. The van der Waals surface area contributed by atoms with Crippen molar-refractivity contribution >= 4 is 0 Å². The van der Waals surface area contributed by atoms with Gasteiger partial charge in [-0.3, -0.25) is 0 Å². The Kier molecular flexibility index (Phi) is 3.49. The number of benzene rings is 2. The molecule has 2 nitrogen and oxygen atoms in total. The van der Waals surface area contributed by atoms with Gasteiger partial charge in [-0.1, -0.05) is 65.8 Å². The minimum Gasteiger partial charge on any atom is -0.340 e. The number of hydrogen-bond acceptors (Lipinski definition) is 2. The van der Waals surface area contributed by atoms with Crippen molar-refractivity contribution in [3.63, 3.8) is 0 Å². The molecular formula is C23H28O2. The molecule has 0 saturated carbocycles. The molecule has 1 aliphatic carbocycles. The average Bonchev–Trinajstić information content (AvgIpc) is 3.11. The van der Waals surface area contributed by atoms with Crippen LogP contribution in [-0.4, -0.2) is 13.2 Å². The molecule has 132 valence electrons. The highest BCUT2D eigenvalue weighted by Gasteiger charge is 2.49. The van der Waals surface area contributed by atoms with Gasteiger partial charge < -0.3 is 9.47 Å². The molecular weight excluding hydrogens is 308 g/mol. The summed E-state index contributed by atoms with van der Waals surface area (Å²) in [5.41, 5.74) is 7.63. The van der Waals surface area contributed by atoms with Crippen molar-refractivity contribution in [1.29, 1.82) is 0 Å². The maximum atomic E-state index is 6.27. The number of rotatable bonds is 0. The van der Waals surface area contributed by atoms with Crippen LogP contribution in [0.5, 0.6) is 0 Å². The molecule has 0 atom stereocenters. The van der Waals surface area contributed by atoms with E-state index in [9.17, 15) is 0 Å². The number of ether oxygens (including phenoxy) is 2. The second-order valence-electron chi connectivity index (χ2n) is 9.33. The van der Waals surface area contributed by atoms with Crippen molar-refractivity contribution < 1.29 is 9.47 Å². The molecule has 2 aliphatic rings. The van der Waals surface area contributed by atoms with Crippen molar-refractivity contribution in [2.45, 2.75) is 58.2 Å². The minimum absolute atomic E-state index is 0.0974. The zero-order valence-corrected chi connectivity index (χ0v) is 16.2. The molecule has 1 spiro atoms. The van der Waals surface area contributed by atoms with E-state index in [-0.39, 0.29) is 10.8 Å². The molecule has 4 rings (SSSR count). The van der Waals surface area contributed by atoms with Gasteiger partial charge >= 0.3 is 0 Å². The van der Waals surface area contributed by atoms with Gasteiger partial charge in [0.25, 0.3) is 0 Å². The minimum atomic E-state index is -0.729. The first-order valence-electron chi connectivity index (χ1n) is 9.21. The molecule has 0 bridgehead atoms. The van der Waals surface area contributed by atoms with E-state index in [4.69, 9.17) is 9.47 Å². The van der Waals surface area contributed by atoms with Crippen molar-refractivity contribution in [2.24, 2.45) is 0 Å². The van der Waals surface area contributed by atoms with Crippen LogP contribution in [0.25, 0.3) is 11.1 Å². The van der Waals surface area contributed by atoms with Gasteiger partial charge in [0.1, 0.15) is 0 Å². The first-order valence-corrected chi connectivity index (χ1v) is 9.21. The quantitative estimate of drug-likeness (QED) is 0.631. The zero-order valence-electron chi connectivity index (χ0n) is 16.2. The van der Waals surface area contributed by atoms with Crippen molar-refractivity contribution in [2.75, 3.05) is 13.2 Å². The van der Waals surface area contributed by atoms with Crippen LogP contribution >= 0.6 is 0 Å². The van der Waals surface area contributed by atoms with E-state index in [1.54, 1.807) is 0 Å². The molecule has 0 amide bonds. The van der Waals surface area contributed by atoms with Crippen LogP contribution in [0.4, 0.5) is 0 Å². The third-order valence-corrected chi connectivity index (χ3v) is 5.46. The molecule has 0 unspecified atom stereocenters. The summed E-state index contributed by atoms with van der Waals surface area (Å²) in [4.78, 5) is 0. The Hall–Kier alpha value is -1.64. The summed E-state index contributed by atoms with van der Waals surface area (Å²) in [7, 11) is 0. The van der Waals surface area contributed by atoms with Gasteiger partial charge in [-0.05, 0) is 45.2 Å². The van der Waals surface area contributed by atoms with E-state index in [2.05, 4.69) is 77.9 Å². The van der Waals surface area contributed by atoms with Crippen LogP contribution in [-0.2, 0) is 26.1 Å². The third-order valence-electron chi connectivity index (χ3n) is 5.46. The summed E-state index contributed by atoms with van der Waals surface area (Å²) in [6, 6.07) is 13.5. The molecule has 0 aromatic heterocycles. The molecule has 2 aromatic rings. The standard InChI is InChI=1S/C23H28O2/c1-21(2,3)15-7-9-17-18-10-8-16(22(4,5)6)14-20(18)23(19(17)13-15)24-11-12-25-23/h7-10,13-14H,11-12H2,1-6H3. The summed E-state index contributed by atoms with van der Waals surface area (Å²) >= 11 is 0. The fourth-order valence-electron chi connectivity index (χ4n) is 3.90. The van der Waals surface area contributed by atoms with Crippen LogP contribution in [0.2, 0.25) is 0 Å². The maximum Gasteiger partial charge on any atom is 0.223 e. The van der Waals surface area contributed by atoms with Gasteiger partial charge in [-0.15, -0.1) is 0 Å².